The molecule has 0 saturated carbocycles. The van der Waals surface area contributed by atoms with Gasteiger partial charge in [-0.1, -0.05) is 32.0 Å². The Balaban J connectivity index is 1.92. The van der Waals surface area contributed by atoms with Crippen LogP contribution >= 0.6 is 0 Å². The van der Waals surface area contributed by atoms with Crippen molar-refractivity contribution in [1.29, 1.82) is 0 Å². The molecule has 0 saturated heterocycles. The predicted octanol–water partition coefficient (Wildman–Crippen LogP) is 2.35. The van der Waals surface area contributed by atoms with Gasteiger partial charge in [-0.2, -0.15) is 0 Å². The number of aliphatic hydroxyl groups excluding tert-OH is 1. The first kappa shape index (κ1) is 16.0. The summed E-state index contributed by atoms with van der Waals surface area (Å²) in [6.07, 6.45) is 1.82. The molecule has 0 fully saturated rings. The molecule has 7 nitrogen and oxygen atoms in total. The van der Waals surface area contributed by atoms with Gasteiger partial charge in [-0.3, -0.25) is 0 Å². The molecule has 0 spiro atoms. The Morgan fingerprint density at radius 1 is 1.41 bits per heavy atom. The second kappa shape index (κ2) is 7.04. The molecule has 1 aromatic heterocycles. The lowest BCUT2D eigenvalue weighted by atomic mass is 10.0. The van der Waals surface area contributed by atoms with Crippen molar-refractivity contribution in [3.8, 4) is 5.75 Å². The number of aromatic nitrogens is 2. The van der Waals surface area contributed by atoms with Crippen LogP contribution in [0.5, 0.6) is 5.75 Å². The lowest BCUT2D eigenvalue weighted by molar-refractivity contribution is -0.389. The molecule has 0 bridgehead atoms. The van der Waals surface area contributed by atoms with Crippen molar-refractivity contribution in [3.63, 3.8) is 0 Å². The minimum Gasteiger partial charge on any atom is -0.491 e. The van der Waals surface area contributed by atoms with Gasteiger partial charge in [0, 0.05) is 0 Å². The van der Waals surface area contributed by atoms with Crippen molar-refractivity contribution in [3.05, 3.63) is 52.5 Å². The van der Waals surface area contributed by atoms with Crippen LogP contribution in [0.1, 0.15) is 25.3 Å². The van der Waals surface area contributed by atoms with Crippen molar-refractivity contribution in [2.75, 3.05) is 6.61 Å². The number of ether oxygens (including phenoxy) is 1. The van der Waals surface area contributed by atoms with Gasteiger partial charge < -0.3 is 24.5 Å². The predicted molar refractivity (Wildman–Crippen MR) is 80.9 cm³/mol. The summed E-state index contributed by atoms with van der Waals surface area (Å²) >= 11 is 0. The minimum absolute atomic E-state index is 0.107. The van der Waals surface area contributed by atoms with E-state index in [1.807, 2.05) is 24.3 Å². The van der Waals surface area contributed by atoms with Crippen molar-refractivity contribution in [1.82, 2.24) is 9.55 Å². The highest BCUT2D eigenvalue weighted by molar-refractivity contribution is 5.35. The van der Waals surface area contributed by atoms with E-state index in [-0.39, 0.29) is 19.0 Å². The molecule has 118 valence electrons. The summed E-state index contributed by atoms with van der Waals surface area (Å²) in [6.45, 7) is 4.44. The van der Waals surface area contributed by atoms with Crippen LogP contribution in [-0.4, -0.2) is 32.3 Å². The highest BCUT2D eigenvalue weighted by atomic mass is 16.6. The zero-order valence-corrected chi connectivity index (χ0v) is 12.5. The summed E-state index contributed by atoms with van der Waals surface area (Å²) in [5.41, 5.74) is 1.08. The summed E-state index contributed by atoms with van der Waals surface area (Å²) in [7, 11) is 0. The molecule has 22 heavy (non-hydrogen) atoms. The number of benzene rings is 1. The average molecular weight is 305 g/mol. The number of aliphatic hydroxyl groups is 1. The van der Waals surface area contributed by atoms with Crippen LogP contribution in [0.15, 0.2) is 36.8 Å². The van der Waals surface area contributed by atoms with E-state index in [0.29, 0.717) is 5.92 Å². The highest BCUT2D eigenvalue weighted by Crippen LogP contribution is 2.25. The topological polar surface area (TPSA) is 90.4 Å². The molecule has 2 rings (SSSR count). The first-order chi connectivity index (χ1) is 10.5. The number of imidazole rings is 1. The van der Waals surface area contributed by atoms with Gasteiger partial charge >= 0.3 is 5.82 Å². The van der Waals surface area contributed by atoms with Gasteiger partial charge in [-0.25, -0.2) is 0 Å². The van der Waals surface area contributed by atoms with E-state index < -0.39 is 11.0 Å². The summed E-state index contributed by atoms with van der Waals surface area (Å²) in [5.74, 6) is 0.830. The van der Waals surface area contributed by atoms with E-state index in [0.717, 1.165) is 11.3 Å². The Hall–Kier alpha value is -2.41. The van der Waals surface area contributed by atoms with Gasteiger partial charge in [0.15, 0.2) is 0 Å². The Morgan fingerprint density at radius 2 is 2.14 bits per heavy atom. The quantitative estimate of drug-likeness (QED) is 0.626. The van der Waals surface area contributed by atoms with Crippen LogP contribution in [0.4, 0.5) is 5.82 Å². The van der Waals surface area contributed by atoms with Gasteiger partial charge in [0.25, 0.3) is 0 Å². The Morgan fingerprint density at radius 3 is 2.77 bits per heavy atom. The van der Waals surface area contributed by atoms with E-state index in [4.69, 9.17) is 4.74 Å². The number of para-hydroxylation sites is 1. The van der Waals surface area contributed by atoms with Crippen molar-refractivity contribution >= 4 is 5.82 Å². The SMILES string of the molecule is CC(C)c1ccccc1OCC(O)Cn1cnc([N+](=O)[O-])c1. The van der Waals surface area contributed by atoms with Crippen molar-refractivity contribution in [2.45, 2.75) is 32.4 Å². The van der Waals surface area contributed by atoms with Gasteiger partial charge in [0.1, 0.15) is 24.7 Å². The van der Waals surface area contributed by atoms with E-state index in [1.165, 1.54) is 17.1 Å². The number of rotatable bonds is 7. The number of nitrogens with zero attached hydrogens (tertiary/aromatic N) is 3. The second-order valence-electron chi connectivity index (χ2n) is 5.34. The molecule has 0 aliphatic carbocycles. The lowest BCUT2D eigenvalue weighted by Crippen LogP contribution is -2.23. The smallest absolute Gasteiger partial charge is 0.381 e. The van der Waals surface area contributed by atoms with Gasteiger partial charge in [-0.15, -0.1) is 0 Å². The zero-order valence-electron chi connectivity index (χ0n) is 12.5. The lowest BCUT2D eigenvalue weighted by Gasteiger charge is -2.16. The third-order valence-electron chi connectivity index (χ3n) is 3.20. The molecule has 1 N–H and O–H groups in total. The molecule has 0 aliphatic rings. The number of hydrogen-bond donors (Lipinski definition) is 1. The molecule has 2 aromatic rings. The van der Waals surface area contributed by atoms with Gasteiger partial charge in [0.05, 0.1) is 6.54 Å². The monoisotopic (exact) mass is 305 g/mol. The molecule has 1 heterocycles. The van der Waals surface area contributed by atoms with E-state index >= 15 is 0 Å². The summed E-state index contributed by atoms with van der Waals surface area (Å²) in [5, 5.41) is 20.6. The molecule has 1 unspecified atom stereocenters. The summed E-state index contributed by atoms with van der Waals surface area (Å²) < 4.78 is 7.14. The standard InChI is InChI=1S/C15H19N3O4/c1-11(2)13-5-3-4-6-14(13)22-9-12(19)7-17-8-15(16-10-17)18(20)21/h3-6,8,10-12,19H,7,9H2,1-2H3. The van der Waals surface area contributed by atoms with E-state index in [2.05, 4.69) is 18.8 Å². The molecule has 7 heteroatoms. The normalized spacial score (nSPS) is 12.4. The van der Waals surface area contributed by atoms with Gasteiger partial charge in [-0.05, 0) is 27.5 Å². The fraction of sp³-hybridized carbons (Fsp3) is 0.400. The van der Waals surface area contributed by atoms with Crippen LogP contribution in [-0.2, 0) is 6.54 Å². The maximum Gasteiger partial charge on any atom is 0.381 e. The Bertz CT molecular complexity index is 639. The second-order valence-corrected chi connectivity index (χ2v) is 5.34. The molecule has 0 aliphatic heterocycles. The molecule has 1 aromatic carbocycles. The van der Waals surface area contributed by atoms with Crippen LogP contribution in [0.25, 0.3) is 0 Å². The maximum atomic E-state index is 10.6. The highest BCUT2D eigenvalue weighted by Gasteiger charge is 2.14. The molecule has 1 atom stereocenters. The Kier molecular flexibility index (Phi) is 5.11. The number of hydrogen-bond acceptors (Lipinski definition) is 5. The first-order valence-corrected chi connectivity index (χ1v) is 7.03. The van der Waals surface area contributed by atoms with Crippen LogP contribution in [0.3, 0.4) is 0 Å². The van der Waals surface area contributed by atoms with Crippen LogP contribution in [0, 0.1) is 10.1 Å². The molecular formula is C15H19N3O4. The molecular weight excluding hydrogens is 286 g/mol. The van der Waals surface area contributed by atoms with E-state index in [9.17, 15) is 15.2 Å². The van der Waals surface area contributed by atoms with Gasteiger partial charge in [0.2, 0.25) is 6.33 Å². The summed E-state index contributed by atoms with van der Waals surface area (Å²) in [6, 6.07) is 7.69. The fourth-order valence-electron chi connectivity index (χ4n) is 2.11. The third-order valence-corrected chi connectivity index (χ3v) is 3.20. The first-order valence-electron chi connectivity index (χ1n) is 7.03. The zero-order chi connectivity index (χ0) is 16.1. The minimum atomic E-state index is -0.783. The van der Waals surface area contributed by atoms with Crippen molar-refractivity contribution < 1.29 is 14.8 Å². The van der Waals surface area contributed by atoms with Crippen LogP contribution < -0.4 is 4.74 Å². The largest absolute Gasteiger partial charge is 0.491 e. The summed E-state index contributed by atoms with van der Waals surface area (Å²) in [4.78, 5) is 13.6. The molecule has 0 radical (unpaired) electrons. The van der Waals surface area contributed by atoms with Crippen molar-refractivity contribution in [2.24, 2.45) is 0 Å². The van der Waals surface area contributed by atoms with Crippen LogP contribution in [0.2, 0.25) is 0 Å². The molecule has 0 amide bonds. The maximum absolute atomic E-state index is 10.6. The average Bonchev–Trinajstić information content (AvgIpc) is 2.94. The fourth-order valence-corrected chi connectivity index (χ4v) is 2.11. The third kappa shape index (κ3) is 4.05. The Labute approximate surface area is 128 Å². The number of nitro groups is 1. The van der Waals surface area contributed by atoms with E-state index in [1.54, 1.807) is 0 Å².